The third-order valence-electron chi connectivity index (χ3n) is 2.17. The molecule has 2 rings (SSSR count). The summed E-state index contributed by atoms with van der Waals surface area (Å²) in [6.07, 6.45) is 0. The second-order valence-electron chi connectivity index (χ2n) is 3.46. The molecule has 17 heavy (non-hydrogen) atoms. The van der Waals surface area contributed by atoms with Gasteiger partial charge in [0, 0.05) is 4.88 Å². The van der Waals surface area contributed by atoms with Gasteiger partial charge in [-0.05, 0) is 41.2 Å². The maximum absolute atomic E-state index is 12.6. The van der Waals surface area contributed by atoms with Gasteiger partial charge in [0.25, 0.3) is 0 Å². The largest absolute Gasteiger partial charge is 0.489 e. The quantitative estimate of drug-likeness (QED) is 0.802. The van der Waals surface area contributed by atoms with Gasteiger partial charge >= 0.3 is 7.12 Å². The maximum atomic E-state index is 12.6. The van der Waals surface area contributed by atoms with Crippen molar-refractivity contribution in [2.75, 3.05) is 0 Å². The molecule has 0 saturated carbocycles. The molecule has 2 aromatic rings. The summed E-state index contributed by atoms with van der Waals surface area (Å²) in [6.45, 7) is 0.322. The maximum Gasteiger partial charge on any atom is 0.489 e. The molecule has 0 radical (unpaired) electrons. The fraction of sp³-hybridized carbons (Fsp3) is 0.0909. The molecular formula is C11H10BFO3S. The minimum absolute atomic E-state index is 0.306. The van der Waals surface area contributed by atoms with Crippen molar-refractivity contribution >= 4 is 23.9 Å². The summed E-state index contributed by atoms with van der Waals surface area (Å²) in [7, 11) is -1.45. The summed E-state index contributed by atoms with van der Waals surface area (Å²) in [4.78, 5) is 0.873. The molecule has 0 spiro atoms. The van der Waals surface area contributed by atoms with Gasteiger partial charge in [-0.2, -0.15) is 0 Å². The summed E-state index contributed by atoms with van der Waals surface area (Å²) in [5.41, 5.74) is 0.452. The van der Waals surface area contributed by atoms with Crippen molar-refractivity contribution in [3.05, 3.63) is 46.4 Å². The van der Waals surface area contributed by atoms with Crippen molar-refractivity contribution in [1.82, 2.24) is 0 Å². The zero-order valence-electron chi connectivity index (χ0n) is 8.84. The Labute approximate surface area is 102 Å². The van der Waals surface area contributed by atoms with E-state index >= 15 is 0 Å². The van der Waals surface area contributed by atoms with Crippen LogP contribution in [0.3, 0.4) is 0 Å². The van der Waals surface area contributed by atoms with E-state index < -0.39 is 7.12 Å². The highest BCUT2D eigenvalue weighted by Crippen LogP contribution is 2.15. The van der Waals surface area contributed by atoms with Gasteiger partial charge in [0.1, 0.15) is 18.2 Å². The van der Waals surface area contributed by atoms with Gasteiger partial charge in [-0.3, -0.25) is 0 Å². The monoisotopic (exact) mass is 252 g/mol. The number of halogens is 1. The molecule has 0 amide bonds. The molecule has 0 saturated heterocycles. The van der Waals surface area contributed by atoms with E-state index in [-0.39, 0.29) is 5.82 Å². The average Bonchev–Trinajstić information content (AvgIpc) is 2.77. The van der Waals surface area contributed by atoms with Crippen LogP contribution in [0.1, 0.15) is 4.88 Å². The molecule has 3 nitrogen and oxygen atoms in total. The zero-order valence-corrected chi connectivity index (χ0v) is 9.65. The molecule has 0 atom stereocenters. The molecule has 88 valence electrons. The molecule has 1 aromatic carbocycles. The Bertz CT molecular complexity index is 484. The molecular weight excluding hydrogens is 242 g/mol. The van der Waals surface area contributed by atoms with Crippen molar-refractivity contribution in [2.24, 2.45) is 0 Å². The van der Waals surface area contributed by atoms with Crippen LogP contribution < -0.4 is 10.2 Å². The van der Waals surface area contributed by atoms with Gasteiger partial charge in [0.2, 0.25) is 0 Å². The lowest BCUT2D eigenvalue weighted by Crippen LogP contribution is -2.27. The van der Waals surface area contributed by atoms with E-state index in [0.717, 1.165) is 4.88 Å². The number of benzene rings is 1. The van der Waals surface area contributed by atoms with Crippen molar-refractivity contribution in [3.8, 4) is 5.75 Å². The van der Waals surface area contributed by atoms with Crippen LogP contribution in [0.4, 0.5) is 4.39 Å². The third-order valence-corrected chi connectivity index (χ3v) is 3.10. The average molecular weight is 252 g/mol. The van der Waals surface area contributed by atoms with Gasteiger partial charge in [-0.25, -0.2) is 4.39 Å². The van der Waals surface area contributed by atoms with Gasteiger partial charge < -0.3 is 14.8 Å². The third kappa shape index (κ3) is 3.29. The normalized spacial score (nSPS) is 10.3. The first kappa shape index (κ1) is 12.1. The summed E-state index contributed by atoms with van der Waals surface area (Å²) < 4.78 is 18.1. The van der Waals surface area contributed by atoms with Crippen molar-refractivity contribution in [1.29, 1.82) is 0 Å². The summed E-state index contributed by atoms with van der Waals surface area (Å²) in [5.74, 6) is 0.269. The van der Waals surface area contributed by atoms with E-state index in [0.29, 0.717) is 17.8 Å². The van der Waals surface area contributed by atoms with Gasteiger partial charge in [-0.15, -0.1) is 11.3 Å². The Morgan fingerprint density at radius 2 is 1.94 bits per heavy atom. The summed E-state index contributed by atoms with van der Waals surface area (Å²) >= 11 is 1.38. The first-order valence-corrected chi connectivity index (χ1v) is 5.85. The van der Waals surface area contributed by atoms with Gasteiger partial charge in [-0.1, -0.05) is 0 Å². The van der Waals surface area contributed by atoms with E-state index in [1.807, 2.05) is 0 Å². The van der Waals surface area contributed by atoms with Crippen molar-refractivity contribution < 1.29 is 19.2 Å². The molecule has 0 aliphatic rings. The Hall–Kier alpha value is -1.37. The number of rotatable bonds is 4. The first-order chi connectivity index (χ1) is 8.15. The molecule has 0 bridgehead atoms. The smallest absolute Gasteiger partial charge is 0.488 e. The molecule has 1 heterocycles. The lowest BCUT2D eigenvalue weighted by molar-refractivity contribution is 0.309. The zero-order chi connectivity index (χ0) is 12.3. The fourth-order valence-corrected chi connectivity index (χ4v) is 2.10. The molecule has 0 unspecified atom stereocenters. The van der Waals surface area contributed by atoms with Crippen LogP contribution in [-0.2, 0) is 6.61 Å². The standard InChI is InChI=1S/C11H10BFO3S/c13-9-1-3-10(4-2-9)16-6-11-5-8(7-17-11)12(14)15/h1-5,7,14-15H,6H2. The highest BCUT2D eigenvalue weighted by Gasteiger charge is 2.13. The van der Waals surface area contributed by atoms with E-state index in [1.54, 1.807) is 23.6 Å². The molecule has 6 heteroatoms. The predicted octanol–water partition coefficient (Wildman–Crippen LogP) is 1.15. The topological polar surface area (TPSA) is 49.7 Å². The second kappa shape index (κ2) is 5.31. The van der Waals surface area contributed by atoms with Gasteiger partial charge in [0.05, 0.1) is 0 Å². The lowest BCUT2D eigenvalue weighted by Gasteiger charge is -2.03. The van der Waals surface area contributed by atoms with E-state index in [9.17, 15) is 4.39 Å². The van der Waals surface area contributed by atoms with Crippen LogP contribution in [0.25, 0.3) is 0 Å². The van der Waals surface area contributed by atoms with Crippen LogP contribution in [0.15, 0.2) is 35.7 Å². The van der Waals surface area contributed by atoms with Gasteiger partial charge in [0.15, 0.2) is 0 Å². The van der Waals surface area contributed by atoms with Crippen LogP contribution in [0, 0.1) is 5.82 Å². The Morgan fingerprint density at radius 1 is 1.24 bits per heavy atom. The van der Waals surface area contributed by atoms with E-state index in [1.165, 1.54) is 23.5 Å². The minimum Gasteiger partial charge on any atom is -0.488 e. The number of hydrogen-bond acceptors (Lipinski definition) is 4. The predicted molar refractivity (Wildman–Crippen MR) is 64.9 cm³/mol. The Balaban J connectivity index is 1.95. The molecule has 0 aliphatic carbocycles. The fourth-order valence-electron chi connectivity index (χ4n) is 1.29. The molecule has 0 aliphatic heterocycles. The Kier molecular flexibility index (Phi) is 3.78. The number of thiophene rings is 1. The lowest BCUT2D eigenvalue weighted by atomic mass is 9.83. The minimum atomic E-state index is -1.45. The van der Waals surface area contributed by atoms with Crippen LogP contribution in [-0.4, -0.2) is 17.2 Å². The number of ether oxygens (including phenoxy) is 1. The first-order valence-electron chi connectivity index (χ1n) is 4.97. The van der Waals surface area contributed by atoms with Crippen molar-refractivity contribution in [2.45, 2.75) is 6.61 Å². The summed E-state index contributed by atoms with van der Waals surface area (Å²) in [6, 6.07) is 7.41. The van der Waals surface area contributed by atoms with E-state index in [2.05, 4.69) is 0 Å². The molecule has 0 fully saturated rings. The second-order valence-corrected chi connectivity index (χ2v) is 4.46. The van der Waals surface area contributed by atoms with Crippen LogP contribution in [0.5, 0.6) is 5.75 Å². The molecule has 2 N–H and O–H groups in total. The highest BCUT2D eigenvalue weighted by atomic mass is 32.1. The van der Waals surface area contributed by atoms with Crippen molar-refractivity contribution in [3.63, 3.8) is 0 Å². The van der Waals surface area contributed by atoms with Crippen LogP contribution in [0.2, 0.25) is 0 Å². The van der Waals surface area contributed by atoms with E-state index in [4.69, 9.17) is 14.8 Å². The number of hydrogen-bond donors (Lipinski definition) is 2. The SMILES string of the molecule is OB(O)c1csc(COc2ccc(F)cc2)c1. The summed E-state index contributed by atoms with van der Waals surface area (Å²) in [5, 5.41) is 19.5. The highest BCUT2D eigenvalue weighted by molar-refractivity contribution is 7.11. The Morgan fingerprint density at radius 3 is 2.53 bits per heavy atom. The molecule has 1 aromatic heterocycles. The van der Waals surface area contributed by atoms with Crippen LogP contribution >= 0.6 is 11.3 Å².